The molecule has 0 spiro atoms. The molecule has 0 bridgehead atoms. The monoisotopic (exact) mass is 247 g/mol. The average Bonchev–Trinajstić information content (AvgIpc) is 2.15. The maximum atomic E-state index is 9.21. The smallest absolute Gasteiger partial charge is 0.0895 e. The molecule has 98 valence electrons. The fraction of sp³-hybridized carbons (Fsp3) is 1.00. The Morgan fingerprint density at radius 3 is 2.31 bits per heavy atom. The molecule has 0 rings (SSSR count). The highest BCUT2D eigenvalue weighted by molar-refractivity contribution is 6.80. The minimum Gasteiger partial charge on any atom is -0.389 e. The molecule has 0 fully saturated rings. The third kappa shape index (κ3) is 5.99. The first-order chi connectivity index (χ1) is 7.20. The highest BCUT2D eigenvalue weighted by atomic mass is 28.3. The van der Waals surface area contributed by atoms with Crippen molar-refractivity contribution in [2.24, 2.45) is 5.73 Å². The number of aliphatic hydroxyl groups excluding tert-OH is 1. The molecule has 0 heterocycles. The Kier molecular flexibility index (Phi) is 6.78. The summed E-state index contributed by atoms with van der Waals surface area (Å²) in [5.74, 6) is 0. The lowest BCUT2D eigenvalue weighted by molar-refractivity contribution is 0.0415. The Balaban J connectivity index is 3.67. The molecule has 0 aromatic rings. The molecule has 0 radical (unpaired) electrons. The van der Waals surface area contributed by atoms with Gasteiger partial charge in [-0.1, -0.05) is 39.9 Å². The van der Waals surface area contributed by atoms with E-state index in [0.717, 1.165) is 13.0 Å². The van der Waals surface area contributed by atoms with Gasteiger partial charge in [-0.2, -0.15) is 0 Å². The van der Waals surface area contributed by atoms with Crippen molar-refractivity contribution in [2.45, 2.75) is 57.5 Å². The van der Waals surface area contributed by atoms with E-state index in [-0.39, 0.29) is 6.54 Å². The Morgan fingerprint density at radius 1 is 1.31 bits per heavy atom. The van der Waals surface area contributed by atoms with Crippen LogP contribution in [0.15, 0.2) is 0 Å². The normalized spacial score (nSPS) is 15.2. The van der Waals surface area contributed by atoms with E-state index in [1.54, 1.807) is 0 Å². The lowest BCUT2D eigenvalue weighted by atomic mass is 10.2. The lowest BCUT2D eigenvalue weighted by Crippen LogP contribution is -2.37. The van der Waals surface area contributed by atoms with E-state index >= 15 is 0 Å². The number of nitrogens with two attached hydrogens (primary N) is 1. The van der Waals surface area contributed by atoms with Crippen LogP contribution in [-0.4, -0.2) is 39.0 Å². The second kappa shape index (κ2) is 6.74. The number of hydrogen-bond donors (Lipinski definition) is 2. The zero-order valence-electron chi connectivity index (χ0n) is 11.5. The van der Waals surface area contributed by atoms with Crippen LogP contribution in [0.1, 0.15) is 27.2 Å². The fourth-order valence-electron chi connectivity index (χ4n) is 1.28. The Hall–Kier alpha value is 0.0969. The zero-order valence-corrected chi connectivity index (χ0v) is 12.5. The second-order valence-electron chi connectivity index (χ2n) is 6.20. The van der Waals surface area contributed by atoms with Gasteiger partial charge in [-0.15, -0.1) is 0 Å². The van der Waals surface area contributed by atoms with Crippen LogP contribution in [-0.2, 0) is 4.74 Å². The van der Waals surface area contributed by atoms with Crippen molar-refractivity contribution in [1.82, 2.24) is 0 Å². The summed E-state index contributed by atoms with van der Waals surface area (Å²) in [5.41, 5.74) is 5.29. The maximum Gasteiger partial charge on any atom is 0.0895 e. The first-order valence-corrected chi connectivity index (χ1v) is 9.37. The fourth-order valence-corrected chi connectivity index (χ4v) is 3.06. The lowest BCUT2D eigenvalue weighted by Gasteiger charge is -2.37. The number of ether oxygens (including phenoxy) is 1. The SMILES string of the molecule is CC(C)(C)[Si](C)(C)CCCOCC(O)CN. The van der Waals surface area contributed by atoms with Crippen LogP contribution < -0.4 is 5.73 Å². The minimum absolute atomic E-state index is 0.280. The minimum atomic E-state index is -1.16. The van der Waals surface area contributed by atoms with Crippen molar-refractivity contribution < 1.29 is 9.84 Å². The van der Waals surface area contributed by atoms with Gasteiger partial charge < -0.3 is 15.6 Å². The van der Waals surface area contributed by atoms with Crippen molar-refractivity contribution in [3.63, 3.8) is 0 Å². The van der Waals surface area contributed by atoms with Crippen molar-refractivity contribution in [3.05, 3.63) is 0 Å². The molecule has 0 amide bonds. The van der Waals surface area contributed by atoms with E-state index in [4.69, 9.17) is 10.5 Å². The van der Waals surface area contributed by atoms with Crippen molar-refractivity contribution in [1.29, 1.82) is 0 Å². The van der Waals surface area contributed by atoms with Crippen LogP contribution in [0, 0.1) is 0 Å². The van der Waals surface area contributed by atoms with Crippen molar-refractivity contribution in [2.75, 3.05) is 19.8 Å². The van der Waals surface area contributed by atoms with Crippen LogP contribution in [0.3, 0.4) is 0 Å². The summed E-state index contributed by atoms with van der Waals surface area (Å²) in [4.78, 5) is 0. The van der Waals surface area contributed by atoms with E-state index in [1.807, 2.05) is 0 Å². The Morgan fingerprint density at radius 2 is 1.88 bits per heavy atom. The molecule has 1 unspecified atom stereocenters. The standard InChI is InChI=1S/C12H29NO2Si/c1-12(2,3)16(4,5)8-6-7-15-10-11(14)9-13/h11,14H,6-10,13H2,1-5H3. The van der Waals surface area contributed by atoms with Gasteiger partial charge in [0.25, 0.3) is 0 Å². The molecule has 0 aliphatic heterocycles. The van der Waals surface area contributed by atoms with Crippen LogP contribution in [0.4, 0.5) is 0 Å². The molecule has 0 aliphatic rings. The number of hydrogen-bond acceptors (Lipinski definition) is 3. The van der Waals surface area contributed by atoms with Crippen LogP contribution >= 0.6 is 0 Å². The summed E-state index contributed by atoms with van der Waals surface area (Å²) >= 11 is 0. The maximum absolute atomic E-state index is 9.21. The van der Waals surface area contributed by atoms with Crippen LogP contribution in [0.2, 0.25) is 24.2 Å². The molecule has 1 atom stereocenters. The van der Waals surface area contributed by atoms with Gasteiger partial charge in [0.1, 0.15) is 0 Å². The van der Waals surface area contributed by atoms with Gasteiger partial charge >= 0.3 is 0 Å². The third-order valence-electron chi connectivity index (χ3n) is 3.70. The van der Waals surface area contributed by atoms with E-state index in [2.05, 4.69) is 33.9 Å². The highest BCUT2D eigenvalue weighted by Crippen LogP contribution is 2.39. The van der Waals surface area contributed by atoms with Crippen LogP contribution in [0.25, 0.3) is 0 Å². The van der Waals surface area contributed by atoms with E-state index in [0.29, 0.717) is 11.6 Å². The van der Waals surface area contributed by atoms with Gasteiger partial charge in [0.15, 0.2) is 0 Å². The van der Waals surface area contributed by atoms with Gasteiger partial charge in [0.05, 0.1) is 20.8 Å². The molecule has 4 heteroatoms. The summed E-state index contributed by atoms with van der Waals surface area (Å²) in [7, 11) is -1.16. The average molecular weight is 247 g/mol. The molecule has 3 N–H and O–H groups in total. The predicted octanol–water partition coefficient (Wildman–Crippen LogP) is 2.22. The summed E-state index contributed by atoms with van der Waals surface area (Å²) in [5, 5.41) is 9.65. The summed E-state index contributed by atoms with van der Waals surface area (Å²) < 4.78 is 5.39. The third-order valence-corrected chi connectivity index (χ3v) is 9.37. The van der Waals surface area contributed by atoms with E-state index in [1.165, 1.54) is 6.04 Å². The molecule has 0 saturated heterocycles. The predicted molar refractivity (Wildman–Crippen MR) is 72.5 cm³/mol. The molecular weight excluding hydrogens is 218 g/mol. The quantitative estimate of drug-likeness (QED) is 0.536. The van der Waals surface area contributed by atoms with Crippen molar-refractivity contribution >= 4 is 8.07 Å². The van der Waals surface area contributed by atoms with Gasteiger partial charge in [0, 0.05) is 13.2 Å². The van der Waals surface area contributed by atoms with Crippen LogP contribution in [0.5, 0.6) is 0 Å². The number of aliphatic hydroxyl groups is 1. The Labute approximate surface area is 101 Å². The van der Waals surface area contributed by atoms with Gasteiger partial charge in [-0.05, 0) is 11.5 Å². The first kappa shape index (κ1) is 16.1. The van der Waals surface area contributed by atoms with Crippen molar-refractivity contribution in [3.8, 4) is 0 Å². The molecule has 3 nitrogen and oxygen atoms in total. The largest absolute Gasteiger partial charge is 0.389 e. The summed E-state index contributed by atoms with van der Waals surface area (Å²) in [6.07, 6.45) is 0.584. The molecule has 0 aliphatic carbocycles. The first-order valence-electron chi connectivity index (χ1n) is 6.16. The van der Waals surface area contributed by atoms with Gasteiger partial charge in [-0.25, -0.2) is 0 Å². The van der Waals surface area contributed by atoms with E-state index < -0.39 is 14.2 Å². The number of rotatable bonds is 7. The Bertz CT molecular complexity index is 190. The highest BCUT2D eigenvalue weighted by Gasteiger charge is 2.33. The summed E-state index contributed by atoms with van der Waals surface area (Å²) in [6, 6.07) is 1.27. The summed E-state index contributed by atoms with van der Waals surface area (Å²) in [6.45, 7) is 13.2. The van der Waals surface area contributed by atoms with Gasteiger partial charge in [-0.3, -0.25) is 0 Å². The van der Waals surface area contributed by atoms with Gasteiger partial charge in [0.2, 0.25) is 0 Å². The molecular formula is C12H29NO2Si. The molecule has 0 saturated carbocycles. The topological polar surface area (TPSA) is 55.5 Å². The van der Waals surface area contributed by atoms with E-state index in [9.17, 15) is 5.11 Å². The molecule has 0 aromatic heterocycles. The zero-order chi connectivity index (χ0) is 12.8. The molecule has 0 aromatic carbocycles. The second-order valence-corrected chi connectivity index (χ2v) is 12.0. The molecule has 16 heavy (non-hydrogen) atoms.